The van der Waals surface area contributed by atoms with Crippen LogP contribution in [0.5, 0.6) is 0 Å². The second-order valence-corrected chi connectivity index (χ2v) is 5.37. The van der Waals surface area contributed by atoms with Crippen molar-refractivity contribution in [2.75, 3.05) is 0 Å². The predicted molar refractivity (Wildman–Crippen MR) is 67.6 cm³/mol. The molecule has 5 heteroatoms. The van der Waals surface area contributed by atoms with Gasteiger partial charge in [0.15, 0.2) is 0 Å². The van der Waals surface area contributed by atoms with Gasteiger partial charge in [-0.05, 0) is 28.1 Å². The summed E-state index contributed by atoms with van der Waals surface area (Å²) < 4.78 is 2.92. The van der Waals surface area contributed by atoms with Crippen LogP contribution in [0.25, 0.3) is 20.3 Å². The van der Waals surface area contributed by atoms with E-state index in [2.05, 4.69) is 26.1 Å². The SMILES string of the molecule is Clc1cccc2c1sc1cc(Br)nnc12. The Kier molecular flexibility index (Phi) is 2.16. The highest BCUT2D eigenvalue weighted by Crippen LogP contribution is 2.36. The fourth-order valence-electron chi connectivity index (χ4n) is 1.53. The van der Waals surface area contributed by atoms with E-state index in [-0.39, 0.29) is 0 Å². The number of aromatic nitrogens is 2. The summed E-state index contributed by atoms with van der Waals surface area (Å²) in [5.41, 5.74) is 0.917. The minimum Gasteiger partial charge on any atom is -0.148 e. The standard InChI is InChI=1S/C10H4BrClN2S/c11-8-4-7-9(14-13-8)5-2-1-3-6(12)10(5)15-7/h1-4H. The first-order valence-corrected chi connectivity index (χ1v) is 6.24. The van der Waals surface area contributed by atoms with Gasteiger partial charge in [0.2, 0.25) is 0 Å². The van der Waals surface area contributed by atoms with Crippen molar-refractivity contribution in [2.24, 2.45) is 0 Å². The minimum absolute atomic E-state index is 0.748. The Morgan fingerprint density at radius 2 is 2.13 bits per heavy atom. The lowest BCUT2D eigenvalue weighted by molar-refractivity contribution is 1.05. The quantitative estimate of drug-likeness (QED) is 0.620. The summed E-state index contributed by atoms with van der Waals surface area (Å²) in [5, 5.41) is 10.00. The molecule has 3 aromatic rings. The zero-order chi connectivity index (χ0) is 10.4. The molecule has 0 saturated carbocycles. The van der Waals surface area contributed by atoms with Crippen LogP contribution in [-0.4, -0.2) is 10.2 Å². The van der Waals surface area contributed by atoms with Crippen LogP contribution < -0.4 is 0 Å². The maximum atomic E-state index is 6.12. The molecule has 2 nitrogen and oxygen atoms in total. The zero-order valence-electron chi connectivity index (χ0n) is 7.37. The van der Waals surface area contributed by atoms with Crippen molar-refractivity contribution < 1.29 is 0 Å². The van der Waals surface area contributed by atoms with Gasteiger partial charge in [0.1, 0.15) is 10.1 Å². The lowest BCUT2D eigenvalue weighted by atomic mass is 10.2. The van der Waals surface area contributed by atoms with Gasteiger partial charge in [-0.15, -0.1) is 21.5 Å². The summed E-state index contributed by atoms with van der Waals surface area (Å²) in [6.45, 7) is 0. The van der Waals surface area contributed by atoms with Crippen LogP contribution in [0, 0.1) is 0 Å². The van der Waals surface area contributed by atoms with Gasteiger partial charge in [0.25, 0.3) is 0 Å². The second kappa shape index (κ2) is 3.40. The van der Waals surface area contributed by atoms with E-state index in [1.807, 2.05) is 24.3 Å². The van der Waals surface area contributed by atoms with Crippen molar-refractivity contribution in [2.45, 2.75) is 0 Å². The van der Waals surface area contributed by atoms with Crippen LogP contribution in [0.15, 0.2) is 28.9 Å². The van der Waals surface area contributed by atoms with Gasteiger partial charge in [-0.25, -0.2) is 0 Å². The van der Waals surface area contributed by atoms with Crippen molar-refractivity contribution in [1.82, 2.24) is 10.2 Å². The Balaban J connectivity index is 2.57. The topological polar surface area (TPSA) is 25.8 Å². The Bertz CT molecular complexity index is 665. The molecule has 1 aromatic carbocycles. The number of hydrogen-bond donors (Lipinski definition) is 0. The zero-order valence-corrected chi connectivity index (χ0v) is 10.5. The molecule has 0 unspecified atom stereocenters. The number of nitrogens with zero attached hydrogens (tertiary/aromatic N) is 2. The van der Waals surface area contributed by atoms with Crippen molar-refractivity contribution in [3.8, 4) is 0 Å². The Labute approximate surface area is 103 Å². The summed E-state index contributed by atoms with van der Waals surface area (Å²) >= 11 is 11.1. The molecule has 0 aliphatic rings. The molecule has 0 bridgehead atoms. The molecule has 2 heterocycles. The molecule has 15 heavy (non-hydrogen) atoms. The van der Waals surface area contributed by atoms with Crippen LogP contribution in [0.4, 0.5) is 0 Å². The number of rotatable bonds is 0. The molecule has 0 amide bonds. The normalized spacial score (nSPS) is 11.3. The summed E-state index contributed by atoms with van der Waals surface area (Å²) in [7, 11) is 0. The molecular weight excluding hydrogens is 296 g/mol. The molecule has 0 aliphatic heterocycles. The van der Waals surface area contributed by atoms with Gasteiger partial charge in [0, 0.05) is 5.39 Å². The van der Waals surface area contributed by atoms with E-state index in [0.717, 1.165) is 29.9 Å². The Morgan fingerprint density at radius 1 is 1.27 bits per heavy atom. The fraction of sp³-hybridized carbons (Fsp3) is 0. The van der Waals surface area contributed by atoms with E-state index in [1.165, 1.54) is 0 Å². The molecule has 74 valence electrons. The average Bonchev–Trinajstić information content (AvgIpc) is 2.57. The predicted octanol–water partition coefficient (Wildman–Crippen LogP) is 4.26. The highest BCUT2D eigenvalue weighted by molar-refractivity contribution is 9.10. The van der Waals surface area contributed by atoms with Gasteiger partial charge in [-0.1, -0.05) is 23.7 Å². The molecule has 0 N–H and O–H groups in total. The third-order valence-corrected chi connectivity index (χ3v) is 4.15. The second-order valence-electron chi connectivity index (χ2n) is 3.10. The van der Waals surface area contributed by atoms with E-state index < -0.39 is 0 Å². The third-order valence-electron chi connectivity index (χ3n) is 2.16. The molecule has 0 radical (unpaired) electrons. The maximum Gasteiger partial charge on any atom is 0.130 e. The first-order valence-electron chi connectivity index (χ1n) is 4.25. The molecule has 0 atom stereocenters. The van der Waals surface area contributed by atoms with E-state index in [9.17, 15) is 0 Å². The third kappa shape index (κ3) is 1.44. The Morgan fingerprint density at radius 3 is 3.00 bits per heavy atom. The van der Waals surface area contributed by atoms with Gasteiger partial charge >= 0.3 is 0 Å². The van der Waals surface area contributed by atoms with Gasteiger partial charge in [-0.2, -0.15) is 0 Å². The smallest absolute Gasteiger partial charge is 0.130 e. The lowest BCUT2D eigenvalue weighted by Crippen LogP contribution is -1.80. The van der Waals surface area contributed by atoms with Crippen LogP contribution in [-0.2, 0) is 0 Å². The summed E-state index contributed by atoms with van der Waals surface area (Å²) in [5.74, 6) is 0. The number of thiophene rings is 1. The van der Waals surface area contributed by atoms with Crippen molar-refractivity contribution in [1.29, 1.82) is 0 Å². The minimum atomic E-state index is 0.748. The van der Waals surface area contributed by atoms with Crippen molar-refractivity contribution in [3.05, 3.63) is 33.9 Å². The first-order chi connectivity index (χ1) is 7.25. The lowest BCUT2D eigenvalue weighted by Gasteiger charge is -1.91. The van der Waals surface area contributed by atoms with Crippen LogP contribution in [0.1, 0.15) is 0 Å². The van der Waals surface area contributed by atoms with E-state index in [0.29, 0.717) is 0 Å². The summed E-state index contributed by atoms with van der Waals surface area (Å²) in [4.78, 5) is 0. The number of hydrogen-bond acceptors (Lipinski definition) is 3. The molecule has 0 aliphatic carbocycles. The molecule has 0 saturated heterocycles. The molecule has 0 fully saturated rings. The molecule has 2 aromatic heterocycles. The number of halogens is 2. The highest BCUT2D eigenvalue weighted by atomic mass is 79.9. The molecule has 0 spiro atoms. The average molecular weight is 300 g/mol. The van der Waals surface area contributed by atoms with Crippen LogP contribution in [0.3, 0.4) is 0 Å². The van der Waals surface area contributed by atoms with Crippen LogP contribution >= 0.6 is 38.9 Å². The number of benzene rings is 1. The van der Waals surface area contributed by atoms with Crippen molar-refractivity contribution >= 4 is 59.2 Å². The largest absolute Gasteiger partial charge is 0.148 e. The molecular formula is C10H4BrClN2S. The van der Waals surface area contributed by atoms with Crippen LogP contribution in [0.2, 0.25) is 5.02 Å². The van der Waals surface area contributed by atoms with E-state index in [1.54, 1.807) is 11.3 Å². The first kappa shape index (κ1) is 9.51. The summed E-state index contributed by atoms with van der Waals surface area (Å²) in [6, 6.07) is 7.80. The fourth-order valence-corrected chi connectivity index (χ4v) is 3.35. The van der Waals surface area contributed by atoms with Gasteiger partial charge in [-0.3, -0.25) is 0 Å². The van der Waals surface area contributed by atoms with E-state index in [4.69, 9.17) is 11.6 Å². The van der Waals surface area contributed by atoms with Gasteiger partial charge < -0.3 is 0 Å². The monoisotopic (exact) mass is 298 g/mol. The van der Waals surface area contributed by atoms with E-state index >= 15 is 0 Å². The summed E-state index contributed by atoms with van der Waals surface area (Å²) in [6.07, 6.45) is 0. The Hall–Kier alpha value is -0.710. The maximum absolute atomic E-state index is 6.12. The number of fused-ring (bicyclic) bond motifs is 3. The van der Waals surface area contributed by atoms with Gasteiger partial charge in [0.05, 0.1) is 14.4 Å². The molecule has 3 rings (SSSR count). The van der Waals surface area contributed by atoms with Crippen molar-refractivity contribution in [3.63, 3.8) is 0 Å². The highest BCUT2D eigenvalue weighted by Gasteiger charge is 2.09.